The van der Waals surface area contributed by atoms with Gasteiger partial charge in [-0.05, 0) is 73.8 Å². The normalized spacial score (nSPS) is 33.1. The fraction of sp³-hybridized carbons (Fsp3) is 0.558. The van der Waals surface area contributed by atoms with Gasteiger partial charge in [-0.1, -0.05) is 77.6 Å². The second kappa shape index (κ2) is 14.2. The Bertz CT molecular complexity index is 1790. The van der Waals surface area contributed by atoms with Gasteiger partial charge in [-0.2, -0.15) is 0 Å². The summed E-state index contributed by atoms with van der Waals surface area (Å²) in [5, 5.41) is 13.3. The number of hydrogen-bond donors (Lipinski definition) is 1. The number of ether oxygens (including phenoxy) is 5. The van der Waals surface area contributed by atoms with Crippen molar-refractivity contribution in [2.45, 2.75) is 109 Å². The van der Waals surface area contributed by atoms with Crippen LogP contribution in [0.25, 0.3) is 0 Å². The highest BCUT2D eigenvalue weighted by Crippen LogP contribution is 2.65. The number of methoxy groups -OCH3 is 1. The molecule has 8 atom stereocenters. The van der Waals surface area contributed by atoms with Crippen molar-refractivity contribution in [2.24, 2.45) is 22.7 Å². The van der Waals surface area contributed by atoms with E-state index in [-0.39, 0.29) is 42.0 Å². The molecule has 0 aromatic heterocycles. The SMILES string of the molecule is C=CCOC1=C[C@@H]2[C@@H](OCc3ccc(OC)cc3)C(=O)[C@]3(C)[C@@H](O[Si](C)(C)C(C)(C)C)CC[C@@]4(CO4)[C@H]3[C@H](OC(=O)c3ccccc3)[C@](O)(C1=O)C2(C)C. The second-order valence-electron chi connectivity index (χ2n) is 17.6. The third-order valence-corrected chi connectivity index (χ3v) is 17.7. The van der Waals surface area contributed by atoms with Crippen molar-refractivity contribution in [3.05, 3.63) is 90.2 Å². The monoisotopic (exact) mass is 760 g/mol. The topological polar surface area (TPSA) is 130 Å². The highest BCUT2D eigenvalue weighted by molar-refractivity contribution is 6.74. The van der Waals surface area contributed by atoms with E-state index in [0.717, 1.165) is 5.56 Å². The summed E-state index contributed by atoms with van der Waals surface area (Å²) >= 11 is 0. The van der Waals surface area contributed by atoms with Gasteiger partial charge in [0.25, 0.3) is 0 Å². The number of hydrogen-bond acceptors (Lipinski definition) is 10. The van der Waals surface area contributed by atoms with Crippen molar-refractivity contribution in [3.63, 3.8) is 0 Å². The van der Waals surface area contributed by atoms with Crippen LogP contribution in [0.5, 0.6) is 5.75 Å². The third-order valence-electron chi connectivity index (χ3n) is 13.2. The van der Waals surface area contributed by atoms with Crippen molar-refractivity contribution in [1.29, 1.82) is 0 Å². The van der Waals surface area contributed by atoms with Gasteiger partial charge in [0.1, 0.15) is 24.6 Å². The van der Waals surface area contributed by atoms with Gasteiger partial charge in [0.2, 0.25) is 5.78 Å². The fourth-order valence-electron chi connectivity index (χ4n) is 8.72. The van der Waals surface area contributed by atoms with Crippen LogP contribution in [-0.4, -0.2) is 80.8 Å². The summed E-state index contributed by atoms with van der Waals surface area (Å²) in [7, 11) is -0.956. The quantitative estimate of drug-likeness (QED) is 0.111. The van der Waals surface area contributed by atoms with E-state index in [1.54, 1.807) is 57.4 Å². The summed E-state index contributed by atoms with van der Waals surface area (Å²) in [5.74, 6) is -3.13. The molecule has 1 N–H and O–H groups in total. The van der Waals surface area contributed by atoms with E-state index < -0.39 is 72.2 Å². The van der Waals surface area contributed by atoms with Crippen LogP contribution in [0.3, 0.4) is 0 Å². The first-order chi connectivity index (χ1) is 25.3. The predicted molar refractivity (Wildman–Crippen MR) is 205 cm³/mol. The van der Waals surface area contributed by atoms with Gasteiger partial charge in [-0.25, -0.2) is 4.79 Å². The third kappa shape index (κ3) is 6.49. The zero-order valence-electron chi connectivity index (χ0n) is 33.1. The van der Waals surface area contributed by atoms with Gasteiger partial charge in [0.05, 0.1) is 43.0 Å². The number of esters is 1. The first-order valence-electron chi connectivity index (χ1n) is 18.9. The summed E-state index contributed by atoms with van der Waals surface area (Å²) in [6.45, 7) is 20.0. The Morgan fingerprint density at radius 3 is 2.28 bits per heavy atom. The van der Waals surface area contributed by atoms with E-state index in [0.29, 0.717) is 18.6 Å². The Balaban J connectivity index is 1.60. The largest absolute Gasteiger partial charge is 0.497 e. The Labute approximate surface area is 320 Å². The van der Waals surface area contributed by atoms with Crippen LogP contribution in [0, 0.1) is 22.7 Å². The second-order valence-corrected chi connectivity index (χ2v) is 22.4. The van der Waals surface area contributed by atoms with E-state index in [2.05, 4.69) is 40.4 Å². The summed E-state index contributed by atoms with van der Waals surface area (Å²) < 4.78 is 38.1. The molecule has 0 unspecified atom stereocenters. The number of rotatable bonds is 11. The maximum Gasteiger partial charge on any atom is 0.338 e. The van der Waals surface area contributed by atoms with Gasteiger partial charge in [0.15, 0.2) is 25.5 Å². The molecule has 2 saturated carbocycles. The zero-order valence-corrected chi connectivity index (χ0v) is 34.1. The molecule has 2 aromatic carbocycles. The minimum absolute atomic E-state index is 0.0305. The van der Waals surface area contributed by atoms with Crippen LogP contribution in [-0.2, 0) is 39.6 Å². The average molecular weight is 761 g/mol. The number of epoxide rings is 1. The summed E-state index contributed by atoms with van der Waals surface area (Å²) in [6.07, 6.45) is 0.666. The lowest BCUT2D eigenvalue weighted by Gasteiger charge is -2.62. The molecular weight excluding hydrogens is 705 g/mol. The van der Waals surface area contributed by atoms with Crippen LogP contribution >= 0.6 is 0 Å². The van der Waals surface area contributed by atoms with Crippen LogP contribution in [0.4, 0.5) is 0 Å². The fourth-order valence-corrected chi connectivity index (χ4v) is 10.2. The Morgan fingerprint density at radius 1 is 1.06 bits per heavy atom. The number of carbonyl (C=O) groups excluding carboxylic acids is 3. The number of benzene rings is 2. The number of Topliss-reactive ketones (excluding diaryl/α,β-unsaturated/α-hetero) is 2. The van der Waals surface area contributed by atoms with E-state index in [1.807, 2.05) is 31.2 Å². The summed E-state index contributed by atoms with van der Waals surface area (Å²) in [4.78, 5) is 45.2. The molecule has 1 heterocycles. The number of fused-ring (bicyclic) bond motifs is 4. The molecule has 6 rings (SSSR count). The Kier molecular flexibility index (Phi) is 10.5. The maximum absolute atomic E-state index is 16.0. The zero-order chi connectivity index (χ0) is 39.5. The molecule has 3 aliphatic carbocycles. The maximum atomic E-state index is 16.0. The van der Waals surface area contributed by atoms with Crippen LogP contribution in [0.1, 0.15) is 70.3 Å². The number of ketones is 2. The molecule has 4 aliphatic rings. The summed E-state index contributed by atoms with van der Waals surface area (Å²) in [6, 6.07) is 15.8. The highest BCUT2D eigenvalue weighted by atomic mass is 28.4. The first kappa shape index (κ1) is 40.1. The molecule has 1 saturated heterocycles. The molecule has 0 radical (unpaired) electrons. The molecule has 2 bridgehead atoms. The van der Waals surface area contributed by atoms with Gasteiger partial charge in [-0.3, -0.25) is 9.59 Å². The van der Waals surface area contributed by atoms with Crippen LogP contribution in [0.2, 0.25) is 18.1 Å². The van der Waals surface area contributed by atoms with Crippen molar-refractivity contribution < 1.29 is 47.6 Å². The minimum atomic E-state index is -2.55. The number of carbonyl (C=O) groups is 3. The van der Waals surface area contributed by atoms with E-state index in [1.165, 1.54) is 6.08 Å². The molecule has 292 valence electrons. The standard InChI is InChI=1S/C43H56O10Si/c1-11-23-49-31-24-30-33(50-25-27-17-19-29(48-8)20-18-27)36(45)41(7)32(53-54(9,10)39(2,3)4)21-22-42(26-51-42)34(41)37(43(47,35(31)44)40(30,5)6)52-38(46)28-15-13-12-14-16-28/h11-20,24,30,32-34,37,47H,1,21-23,25-26H2,2-10H3/t30-,32+,33-,34+,37+,41-,42-,43-/m1/s1. The molecule has 3 fully saturated rings. The smallest absolute Gasteiger partial charge is 0.338 e. The molecule has 11 heteroatoms. The van der Waals surface area contributed by atoms with Crippen molar-refractivity contribution >= 4 is 25.9 Å². The Hall–Kier alpha value is -3.61. The molecule has 10 nitrogen and oxygen atoms in total. The lowest BCUT2D eigenvalue weighted by Crippen LogP contribution is -2.76. The molecule has 0 amide bonds. The van der Waals surface area contributed by atoms with E-state index in [4.69, 9.17) is 28.1 Å². The molecule has 54 heavy (non-hydrogen) atoms. The van der Waals surface area contributed by atoms with Crippen molar-refractivity contribution in [2.75, 3.05) is 20.3 Å². The summed E-state index contributed by atoms with van der Waals surface area (Å²) in [5.41, 5.74) is -5.23. The van der Waals surface area contributed by atoms with Crippen LogP contribution in [0.15, 0.2) is 79.1 Å². The van der Waals surface area contributed by atoms with Crippen molar-refractivity contribution in [1.82, 2.24) is 0 Å². The highest BCUT2D eigenvalue weighted by Gasteiger charge is 2.78. The minimum Gasteiger partial charge on any atom is -0.497 e. The number of aliphatic hydroxyl groups is 1. The molecule has 1 aliphatic heterocycles. The predicted octanol–water partition coefficient (Wildman–Crippen LogP) is 7.01. The first-order valence-corrected chi connectivity index (χ1v) is 21.8. The van der Waals surface area contributed by atoms with E-state index in [9.17, 15) is 14.7 Å². The van der Waals surface area contributed by atoms with E-state index >= 15 is 4.79 Å². The van der Waals surface area contributed by atoms with Crippen molar-refractivity contribution in [3.8, 4) is 5.75 Å². The molecular formula is C43H56O10Si. The van der Waals surface area contributed by atoms with Gasteiger partial charge in [-0.15, -0.1) is 0 Å². The van der Waals surface area contributed by atoms with Gasteiger partial charge >= 0.3 is 5.97 Å². The lowest BCUT2D eigenvalue weighted by atomic mass is 9.46. The van der Waals surface area contributed by atoms with Gasteiger partial charge < -0.3 is 33.2 Å². The molecule has 1 spiro atoms. The average Bonchev–Trinajstić information content (AvgIpc) is 3.91. The van der Waals surface area contributed by atoms with Gasteiger partial charge in [0, 0.05) is 17.3 Å². The van der Waals surface area contributed by atoms with Crippen LogP contribution < -0.4 is 4.74 Å². The Morgan fingerprint density at radius 2 is 1.70 bits per heavy atom. The lowest BCUT2D eigenvalue weighted by molar-refractivity contribution is -0.239. The molecule has 2 aromatic rings.